The molecule has 5 heteroatoms. The third-order valence-corrected chi connectivity index (χ3v) is 5.07. The van der Waals surface area contributed by atoms with Crippen molar-refractivity contribution in [3.05, 3.63) is 23.8 Å². The second-order valence-electron chi connectivity index (χ2n) is 6.84. The molecule has 1 unspecified atom stereocenters. The van der Waals surface area contributed by atoms with Gasteiger partial charge in [0.2, 0.25) is 0 Å². The van der Waals surface area contributed by atoms with Crippen LogP contribution in [0.25, 0.3) is 0 Å². The minimum absolute atomic E-state index is 0.276. The molecule has 1 aromatic rings. The standard InChI is InChI=1S/C20H32N2O3/c1-4-15(3)18(22-11-7-6-8-12-22)14-25-20(23)17-10-9-16(21)13-19(17)24-5-2/h9-10,13,15,18H,4-8,11-12,14,21H2,1-3H3/t15?,18-/m1/s1. The molecule has 1 saturated heterocycles. The summed E-state index contributed by atoms with van der Waals surface area (Å²) in [7, 11) is 0. The lowest BCUT2D eigenvalue weighted by atomic mass is 9.96. The molecule has 2 N–H and O–H groups in total. The minimum Gasteiger partial charge on any atom is -0.493 e. The second-order valence-corrected chi connectivity index (χ2v) is 6.84. The summed E-state index contributed by atoms with van der Waals surface area (Å²) in [6, 6.07) is 5.34. The highest BCUT2D eigenvalue weighted by atomic mass is 16.5. The molecule has 1 fully saturated rings. The molecule has 1 aromatic carbocycles. The summed E-state index contributed by atoms with van der Waals surface area (Å²) in [6.07, 6.45) is 4.83. The number of nitrogens with zero attached hydrogens (tertiary/aromatic N) is 1. The zero-order valence-electron chi connectivity index (χ0n) is 15.8. The number of esters is 1. The number of nitrogen functional groups attached to an aromatic ring is 1. The largest absolute Gasteiger partial charge is 0.493 e. The third kappa shape index (κ3) is 5.36. The zero-order chi connectivity index (χ0) is 18.2. The van der Waals surface area contributed by atoms with E-state index < -0.39 is 0 Å². The van der Waals surface area contributed by atoms with Crippen LogP contribution in [0.4, 0.5) is 5.69 Å². The van der Waals surface area contributed by atoms with Crippen molar-refractivity contribution in [1.29, 1.82) is 0 Å². The fourth-order valence-electron chi connectivity index (χ4n) is 3.37. The first-order valence-corrected chi connectivity index (χ1v) is 9.50. The Balaban J connectivity index is 2.05. The van der Waals surface area contributed by atoms with Gasteiger partial charge < -0.3 is 15.2 Å². The van der Waals surface area contributed by atoms with Gasteiger partial charge in [0.15, 0.2) is 0 Å². The molecule has 1 aliphatic heterocycles. The van der Waals surface area contributed by atoms with Gasteiger partial charge in [0.25, 0.3) is 0 Å². The Bertz CT molecular complexity index is 556. The van der Waals surface area contributed by atoms with Crippen molar-refractivity contribution in [3.63, 3.8) is 0 Å². The smallest absolute Gasteiger partial charge is 0.341 e. The molecule has 140 valence electrons. The van der Waals surface area contributed by atoms with Crippen LogP contribution in [0, 0.1) is 5.92 Å². The molecule has 25 heavy (non-hydrogen) atoms. The van der Waals surface area contributed by atoms with Crippen LogP contribution in [0.1, 0.15) is 56.8 Å². The van der Waals surface area contributed by atoms with E-state index in [2.05, 4.69) is 18.7 Å². The summed E-state index contributed by atoms with van der Waals surface area (Å²) in [5.74, 6) is 0.642. The first-order chi connectivity index (χ1) is 12.1. The van der Waals surface area contributed by atoms with Crippen LogP contribution in [0.2, 0.25) is 0 Å². The number of carbonyl (C=O) groups is 1. The number of hydrogen-bond acceptors (Lipinski definition) is 5. The first kappa shape index (κ1) is 19.6. The van der Waals surface area contributed by atoms with Crippen molar-refractivity contribution in [1.82, 2.24) is 4.90 Å². The zero-order valence-corrected chi connectivity index (χ0v) is 15.8. The van der Waals surface area contributed by atoms with Gasteiger partial charge in [-0.3, -0.25) is 4.90 Å². The highest BCUT2D eigenvalue weighted by Crippen LogP contribution is 2.24. The van der Waals surface area contributed by atoms with Crippen LogP contribution in [-0.4, -0.2) is 43.2 Å². The van der Waals surface area contributed by atoms with Crippen LogP contribution in [-0.2, 0) is 4.74 Å². The van der Waals surface area contributed by atoms with Crippen LogP contribution in [0.5, 0.6) is 5.75 Å². The molecule has 0 bridgehead atoms. The van der Waals surface area contributed by atoms with Crippen molar-refractivity contribution in [2.24, 2.45) is 5.92 Å². The number of nitrogens with two attached hydrogens (primary N) is 1. The Labute approximate surface area is 151 Å². The number of hydrogen-bond donors (Lipinski definition) is 1. The second kappa shape index (κ2) is 9.66. The van der Waals surface area contributed by atoms with Crippen molar-refractivity contribution in [3.8, 4) is 5.75 Å². The maximum Gasteiger partial charge on any atom is 0.341 e. The Morgan fingerprint density at radius 3 is 2.60 bits per heavy atom. The average Bonchev–Trinajstić information content (AvgIpc) is 2.62. The lowest BCUT2D eigenvalue weighted by Gasteiger charge is -2.37. The molecule has 2 rings (SSSR count). The Morgan fingerprint density at radius 1 is 1.24 bits per heavy atom. The number of piperidine rings is 1. The Morgan fingerprint density at radius 2 is 1.96 bits per heavy atom. The molecule has 0 radical (unpaired) electrons. The van der Waals surface area contributed by atoms with Gasteiger partial charge in [-0.25, -0.2) is 4.79 Å². The van der Waals surface area contributed by atoms with E-state index in [1.165, 1.54) is 19.3 Å². The predicted molar refractivity (Wildman–Crippen MR) is 101 cm³/mol. The highest BCUT2D eigenvalue weighted by molar-refractivity contribution is 5.93. The fraction of sp³-hybridized carbons (Fsp3) is 0.650. The van der Waals surface area contributed by atoms with E-state index in [1.807, 2.05) is 6.92 Å². The maximum absolute atomic E-state index is 12.6. The predicted octanol–water partition coefficient (Wildman–Crippen LogP) is 3.72. The molecule has 1 heterocycles. The van der Waals surface area contributed by atoms with Crippen molar-refractivity contribution < 1.29 is 14.3 Å². The molecule has 0 amide bonds. The van der Waals surface area contributed by atoms with E-state index in [-0.39, 0.29) is 12.0 Å². The molecular formula is C20H32N2O3. The van der Waals surface area contributed by atoms with Gasteiger partial charge in [-0.2, -0.15) is 0 Å². The number of anilines is 1. The number of rotatable bonds is 8. The number of ether oxygens (including phenoxy) is 2. The van der Waals surface area contributed by atoms with Gasteiger partial charge in [0.05, 0.1) is 6.61 Å². The van der Waals surface area contributed by atoms with Crippen LogP contribution in [0.15, 0.2) is 18.2 Å². The molecule has 0 aromatic heterocycles. The summed E-state index contributed by atoms with van der Waals surface area (Å²) < 4.78 is 11.2. The van der Waals surface area contributed by atoms with Crippen LogP contribution < -0.4 is 10.5 Å². The number of carbonyl (C=O) groups excluding carboxylic acids is 1. The van der Waals surface area contributed by atoms with Crippen molar-refractivity contribution in [2.75, 3.05) is 32.0 Å². The van der Waals surface area contributed by atoms with E-state index in [4.69, 9.17) is 15.2 Å². The van der Waals surface area contributed by atoms with Gasteiger partial charge in [-0.1, -0.05) is 26.7 Å². The summed E-state index contributed by atoms with van der Waals surface area (Å²) in [6.45, 7) is 9.40. The van der Waals surface area contributed by atoms with Crippen molar-refractivity contribution >= 4 is 11.7 Å². The Hall–Kier alpha value is -1.75. The molecule has 0 spiro atoms. The number of likely N-dealkylation sites (tertiary alicyclic amines) is 1. The minimum atomic E-state index is -0.339. The van der Waals surface area contributed by atoms with Crippen LogP contribution in [0.3, 0.4) is 0 Å². The fourth-order valence-corrected chi connectivity index (χ4v) is 3.37. The SMILES string of the molecule is CCOc1cc(N)ccc1C(=O)OC[C@H](C(C)CC)N1CCCCC1. The lowest BCUT2D eigenvalue weighted by molar-refractivity contribution is 0.0208. The molecular weight excluding hydrogens is 316 g/mol. The maximum atomic E-state index is 12.6. The van der Waals surface area contributed by atoms with E-state index in [9.17, 15) is 4.79 Å². The van der Waals surface area contributed by atoms with Gasteiger partial charge in [-0.05, 0) is 50.9 Å². The summed E-state index contributed by atoms with van der Waals surface area (Å²) in [5, 5.41) is 0. The van der Waals surface area contributed by atoms with Gasteiger partial charge in [0, 0.05) is 17.8 Å². The topological polar surface area (TPSA) is 64.8 Å². The molecule has 2 atom stereocenters. The summed E-state index contributed by atoms with van der Waals surface area (Å²) in [4.78, 5) is 15.1. The van der Waals surface area contributed by atoms with E-state index in [0.717, 1.165) is 19.5 Å². The molecule has 0 aliphatic carbocycles. The Kier molecular flexibility index (Phi) is 7.56. The monoisotopic (exact) mass is 348 g/mol. The van der Waals surface area contributed by atoms with E-state index in [0.29, 0.717) is 36.1 Å². The van der Waals surface area contributed by atoms with Gasteiger partial charge in [-0.15, -0.1) is 0 Å². The number of benzene rings is 1. The van der Waals surface area contributed by atoms with Gasteiger partial charge >= 0.3 is 5.97 Å². The van der Waals surface area contributed by atoms with Crippen LogP contribution >= 0.6 is 0 Å². The summed E-state index contributed by atoms with van der Waals surface area (Å²) >= 11 is 0. The third-order valence-electron chi connectivity index (χ3n) is 5.07. The molecule has 1 aliphatic rings. The van der Waals surface area contributed by atoms with E-state index in [1.54, 1.807) is 18.2 Å². The quantitative estimate of drug-likeness (QED) is 0.573. The van der Waals surface area contributed by atoms with Crippen molar-refractivity contribution in [2.45, 2.75) is 52.5 Å². The van der Waals surface area contributed by atoms with E-state index >= 15 is 0 Å². The first-order valence-electron chi connectivity index (χ1n) is 9.50. The average molecular weight is 348 g/mol. The summed E-state index contributed by atoms with van der Waals surface area (Å²) in [5.41, 5.74) is 6.81. The van der Waals surface area contributed by atoms with Gasteiger partial charge in [0.1, 0.15) is 17.9 Å². The highest BCUT2D eigenvalue weighted by Gasteiger charge is 2.27. The molecule has 5 nitrogen and oxygen atoms in total. The normalized spacial score (nSPS) is 17.7. The lowest BCUT2D eigenvalue weighted by Crippen LogP contribution is -2.46. The molecule has 0 saturated carbocycles.